The Morgan fingerprint density at radius 1 is 0.962 bits per heavy atom. The molecule has 0 aromatic carbocycles. The van der Waals surface area contributed by atoms with Gasteiger partial charge in [-0.1, -0.05) is 66.7 Å². The first-order valence-corrected chi connectivity index (χ1v) is 12.9. The Hall–Kier alpha value is -0.963. The van der Waals surface area contributed by atoms with E-state index in [1.54, 1.807) is 0 Å². The van der Waals surface area contributed by atoms with Crippen LogP contribution in [0.4, 0.5) is 0 Å². The van der Waals surface area contributed by atoms with E-state index in [0.717, 1.165) is 44.1 Å². The summed E-state index contributed by atoms with van der Waals surface area (Å²) >= 11 is 0. The zero-order valence-corrected chi connectivity index (χ0v) is 19.2. The lowest BCUT2D eigenvalue weighted by atomic mass is 9.89. The van der Waals surface area contributed by atoms with Gasteiger partial charge in [0.1, 0.15) is 14.2 Å². The van der Waals surface area contributed by atoms with Crippen LogP contribution in [0.25, 0.3) is 0 Å². The van der Waals surface area contributed by atoms with E-state index >= 15 is 0 Å². The molecule has 1 atom stereocenters. The second-order valence-electron chi connectivity index (χ2n) is 8.69. The maximum Gasteiger partial charge on any atom is 0.146 e. The van der Waals surface area contributed by atoms with Gasteiger partial charge in [-0.25, -0.2) is 0 Å². The Labute approximate surface area is 164 Å². The van der Waals surface area contributed by atoms with Crippen molar-refractivity contribution >= 4 is 8.07 Å². The predicted octanol–water partition coefficient (Wildman–Crippen LogP) is 6.63. The standard InChI is InChI=1S/C24H40OSi/c1-8-9-10-11-16-24(25)23-15-13-12-14-22(23)17-18-26(19(2)3,20(4)5)21(6)7/h19-21,24-25H,8-10,12-15H2,1-7H3. The number of aliphatic hydroxyl groups is 1. The minimum absolute atomic E-state index is 0.621. The molecule has 26 heavy (non-hydrogen) atoms. The number of hydrogen-bond acceptors (Lipinski definition) is 1. The highest BCUT2D eigenvalue weighted by atomic mass is 28.3. The molecule has 1 rings (SSSR count). The fourth-order valence-corrected chi connectivity index (χ4v) is 9.74. The van der Waals surface area contributed by atoms with E-state index in [-0.39, 0.29) is 0 Å². The van der Waals surface area contributed by atoms with E-state index in [1.807, 2.05) is 0 Å². The Morgan fingerprint density at radius 3 is 2.08 bits per heavy atom. The van der Waals surface area contributed by atoms with E-state index in [2.05, 4.69) is 71.8 Å². The van der Waals surface area contributed by atoms with Gasteiger partial charge in [0.05, 0.1) is 0 Å². The summed E-state index contributed by atoms with van der Waals surface area (Å²) in [5, 5.41) is 10.6. The summed E-state index contributed by atoms with van der Waals surface area (Å²) in [5.41, 5.74) is 8.05. The minimum Gasteiger partial charge on any atom is -0.376 e. The molecule has 1 N–H and O–H groups in total. The van der Waals surface area contributed by atoms with Crippen molar-refractivity contribution in [2.45, 2.75) is 116 Å². The predicted molar refractivity (Wildman–Crippen MR) is 118 cm³/mol. The summed E-state index contributed by atoms with van der Waals surface area (Å²) in [6, 6.07) is 0. The quantitative estimate of drug-likeness (QED) is 0.315. The van der Waals surface area contributed by atoms with Crippen LogP contribution in [0.15, 0.2) is 11.1 Å². The monoisotopic (exact) mass is 372 g/mol. The molecule has 2 heteroatoms. The van der Waals surface area contributed by atoms with Gasteiger partial charge in [-0.05, 0) is 54.3 Å². The Morgan fingerprint density at radius 2 is 1.54 bits per heavy atom. The topological polar surface area (TPSA) is 20.2 Å². The summed E-state index contributed by atoms with van der Waals surface area (Å²) < 4.78 is 0. The number of aliphatic hydroxyl groups excluding tert-OH is 1. The second kappa shape index (κ2) is 11.0. The molecule has 146 valence electrons. The second-order valence-corrected chi connectivity index (χ2v) is 14.3. The molecule has 1 aliphatic rings. The van der Waals surface area contributed by atoms with Crippen molar-refractivity contribution < 1.29 is 5.11 Å². The maximum atomic E-state index is 10.6. The molecule has 0 heterocycles. The van der Waals surface area contributed by atoms with E-state index in [0.29, 0.717) is 16.6 Å². The molecule has 1 nitrogen and oxygen atoms in total. The van der Waals surface area contributed by atoms with Crippen molar-refractivity contribution in [2.24, 2.45) is 0 Å². The first-order valence-electron chi connectivity index (χ1n) is 10.7. The van der Waals surface area contributed by atoms with Gasteiger partial charge in [-0.15, -0.1) is 11.5 Å². The summed E-state index contributed by atoms with van der Waals surface area (Å²) in [5.74, 6) is 9.83. The van der Waals surface area contributed by atoms with Crippen LogP contribution in [-0.4, -0.2) is 19.3 Å². The van der Waals surface area contributed by atoms with E-state index < -0.39 is 14.2 Å². The number of unbranched alkanes of at least 4 members (excludes halogenated alkanes) is 2. The Balaban J connectivity index is 3.21. The lowest BCUT2D eigenvalue weighted by molar-refractivity contribution is 0.259. The van der Waals surface area contributed by atoms with Crippen LogP contribution in [0, 0.1) is 23.3 Å². The molecular formula is C24H40OSi. The third kappa shape index (κ3) is 5.77. The average Bonchev–Trinajstić information content (AvgIpc) is 2.58. The van der Waals surface area contributed by atoms with E-state index in [1.165, 1.54) is 12.0 Å². The molecule has 0 aromatic heterocycles. The lowest BCUT2D eigenvalue weighted by Crippen LogP contribution is -2.43. The first-order chi connectivity index (χ1) is 12.3. The van der Waals surface area contributed by atoms with Crippen molar-refractivity contribution in [3.63, 3.8) is 0 Å². The van der Waals surface area contributed by atoms with Crippen molar-refractivity contribution in [1.82, 2.24) is 0 Å². The Kier molecular flexibility index (Phi) is 9.77. The highest BCUT2D eigenvalue weighted by Crippen LogP contribution is 2.41. The summed E-state index contributed by atoms with van der Waals surface area (Å²) in [4.78, 5) is 0. The van der Waals surface area contributed by atoms with Gasteiger partial charge >= 0.3 is 0 Å². The number of rotatable bonds is 6. The van der Waals surface area contributed by atoms with Crippen LogP contribution in [-0.2, 0) is 0 Å². The van der Waals surface area contributed by atoms with Crippen LogP contribution in [0.3, 0.4) is 0 Å². The SMILES string of the molecule is CCCCC#CC(O)C1=C(C#C[Si](C(C)C)(C(C)C)C(C)C)CCCC1. The van der Waals surface area contributed by atoms with E-state index in [9.17, 15) is 5.11 Å². The first kappa shape index (κ1) is 23.1. The normalized spacial score (nSPS) is 16.4. The summed E-state index contributed by atoms with van der Waals surface area (Å²) in [6.45, 7) is 16.3. The van der Waals surface area contributed by atoms with E-state index in [4.69, 9.17) is 0 Å². The molecule has 1 aliphatic carbocycles. The third-order valence-electron chi connectivity index (χ3n) is 6.03. The van der Waals surface area contributed by atoms with Gasteiger partial charge < -0.3 is 5.11 Å². The highest BCUT2D eigenvalue weighted by Gasteiger charge is 2.41. The molecule has 0 bridgehead atoms. The molecule has 1 unspecified atom stereocenters. The van der Waals surface area contributed by atoms with Crippen molar-refractivity contribution in [3.05, 3.63) is 11.1 Å². The molecule has 0 spiro atoms. The Bertz CT molecular complexity index is 567. The minimum atomic E-state index is -1.72. The molecule has 0 fully saturated rings. The van der Waals surface area contributed by atoms with Crippen molar-refractivity contribution in [2.75, 3.05) is 0 Å². The molecule has 0 radical (unpaired) electrons. The average molecular weight is 373 g/mol. The molecule has 0 saturated carbocycles. The van der Waals surface area contributed by atoms with Gasteiger partial charge in [0.15, 0.2) is 0 Å². The van der Waals surface area contributed by atoms with Crippen LogP contribution >= 0.6 is 0 Å². The summed E-state index contributed by atoms with van der Waals surface area (Å²) in [6.07, 6.45) is 6.81. The van der Waals surface area contributed by atoms with Crippen LogP contribution in [0.5, 0.6) is 0 Å². The van der Waals surface area contributed by atoms with Crippen LogP contribution in [0.2, 0.25) is 16.6 Å². The number of allylic oxidation sites excluding steroid dienone is 1. The molecule has 0 aliphatic heterocycles. The van der Waals surface area contributed by atoms with Crippen molar-refractivity contribution in [3.8, 4) is 23.3 Å². The molecule has 0 amide bonds. The molecule has 0 saturated heterocycles. The lowest BCUT2D eigenvalue weighted by Gasteiger charge is -2.38. The van der Waals surface area contributed by atoms with Crippen LogP contribution < -0.4 is 0 Å². The molecule has 0 aromatic rings. The maximum absolute atomic E-state index is 10.6. The van der Waals surface area contributed by atoms with Gasteiger partial charge in [0.25, 0.3) is 0 Å². The fraction of sp³-hybridized carbons (Fsp3) is 0.750. The van der Waals surface area contributed by atoms with Gasteiger partial charge in [0.2, 0.25) is 0 Å². The highest BCUT2D eigenvalue weighted by molar-refractivity contribution is 6.90. The molecular weight excluding hydrogens is 332 g/mol. The smallest absolute Gasteiger partial charge is 0.146 e. The van der Waals surface area contributed by atoms with Gasteiger partial charge in [-0.3, -0.25) is 0 Å². The van der Waals surface area contributed by atoms with Crippen molar-refractivity contribution in [1.29, 1.82) is 0 Å². The third-order valence-corrected chi connectivity index (χ3v) is 12.3. The fourth-order valence-electron chi connectivity index (χ4n) is 4.51. The summed E-state index contributed by atoms with van der Waals surface area (Å²) in [7, 11) is -1.72. The largest absolute Gasteiger partial charge is 0.376 e. The van der Waals surface area contributed by atoms with Crippen LogP contribution in [0.1, 0.15) is 93.4 Å². The van der Waals surface area contributed by atoms with Gasteiger partial charge in [-0.2, -0.15) is 0 Å². The van der Waals surface area contributed by atoms with Gasteiger partial charge in [0, 0.05) is 12.0 Å². The number of hydrogen-bond donors (Lipinski definition) is 1. The zero-order valence-electron chi connectivity index (χ0n) is 18.2. The zero-order chi connectivity index (χ0) is 19.7.